The third-order valence-corrected chi connectivity index (χ3v) is 4.87. The predicted octanol–water partition coefficient (Wildman–Crippen LogP) is 1.31. The zero-order valence-corrected chi connectivity index (χ0v) is 14.0. The average molecular weight is 310 g/mol. The average Bonchev–Trinajstić information content (AvgIpc) is 2.97. The lowest BCUT2D eigenvalue weighted by Gasteiger charge is -2.32. The molecule has 0 saturated carbocycles. The van der Waals surface area contributed by atoms with E-state index in [0.717, 1.165) is 32.1 Å². The Balaban J connectivity index is 1.75. The minimum Gasteiger partial charge on any atom is -0.383 e. The van der Waals surface area contributed by atoms with Crippen LogP contribution in [0.15, 0.2) is 16.4 Å². The summed E-state index contributed by atoms with van der Waals surface area (Å²) in [6.45, 7) is 6.83. The van der Waals surface area contributed by atoms with Crippen LogP contribution in [0.4, 0.5) is 0 Å². The molecule has 1 aromatic rings. The first-order valence-electron chi connectivity index (χ1n) is 7.47. The van der Waals surface area contributed by atoms with Crippen molar-refractivity contribution >= 4 is 17.3 Å². The minimum atomic E-state index is 0.485. The number of nitrogens with zero attached hydrogens (tertiary/aromatic N) is 2. The van der Waals surface area contributed by atoms with Gasteiger partial charge < -0.3 is 15.4 Å². The third-order valence-electron chi connectivity index (χ3n) is 3.85. The quantitative estimate of drug-likeness (QED) is 0.472. The van der Waals surface area contributed by atoms with Crippen molar-refractivity contribution in [2.24, 2.45) is 4.99 Å². The molecular formula is C15H26N4OS. The van der Waals surface area contributed by atoms with Crippen LogP contribution in [0.3, 0.4) is 0 Å². The predicted molar refractivity (Wildman–Crippen MR) is 89.1 cm³/mol. The van der Waals surface area contributed by atoms with E-state index in [4.69, 9.17) is 4.74 Å². The Hall–Kier alpha value is -1.11. The maximum atomic E-state index is 5.03. The van der Waals surface area contributed by atoms with Gasteiger partial charge in [0.15, 0.2) is 5.96 Å². The lowest BCUT2D eigenvalue weighted by molar-refractivity contribution is 0.192. The van der Waals surface area contributed by atoms with Crippen molar-refractivity contribution in [1.82, 2.24) is 15.5 Å². The molecule has 1 aromatic heterocycles. The molecule has 0 amide bonds. The van der Waals surface area contributed by atoms with Crippen molar-refractivity contribution in [2.75, 3.05) is 40.4 Å². The molecule has 1 aliphatic heterocycles. The molecule has 1 aliphatic rings. The van der Waals surface area contributed by atoms with Gasteiger partial charge in [-0.1, -0.05) is 0 Å². The smallest absolute Gasteiger partial charge is 0.191 e. The molecule has 5 nitrogen and oxygen atoms in total. The SMILES string of the molecule is CN=C(NCCOC)NCC(C)N1CCc2sccc2C1. The van der Waals surface area contributed by atoms with Gasteiger partial charge in [0.05, 0.1) is 6.61 Å². The summed E-state index contributed by atoms with van der Waals surface area (Å²) in [5.74, 6) is 0.840. The summed E-state index contributed by atoms with van der Waals surface area (Å²) in [6.07, 6.45) is 1.18. The number of ether oxygens (including phenoxy) is 1. The molecule has 2 N–H and O–H groups in total. The molecule has 0 bridgehead atoms. The second-order valence-electron chi connectivity index (χ2n) is 5.31. The summed E-state index contributed by atoms with van der Waals surface area (Å²) in [5, 5.41) is 8.83. The zero-order valence-electron chi connectivity index (χ0n) is 13.2. The highest BCUT2D eigenvalue weighted by Gasteiger charge is 2.21. The van der Waals surface area contributed by atoms with Gasteiger partial charge in [-0.3, -0.25) is 9.89 Å². The standard InChI is InChI=1S/C15H26N4OS/c1-12(10-18-15(16-2)17-6-8-20-3)19-7-4-14-13(11-19)5-9-21-14/h5,9,12H,4,6-8,10-11H2,1-3H3,(H2,16,17,18). The van der Waals surface area contributed by atoms with Gasteiger partial charge in [0.1, 0.15) is 0 Å². The van der Waals surface area contributed by atoms with Gasteiger partial charge >= 0.3 is 0 Å². The summed E-state index contributed by atoms with van der Waals surface area (Å²) in [6, 6.07) is 2.75. The lowest BCUT2D eigenvalue weighted by Crippen LogP contribution is -2.47. The van der Waals surface area contributed by atoms with Gasteiger partial charge in [0.25, 0.3) is 0 Å². The molecule has 0 radical (unpaired) electrons. The summed E-state index contributed by atoms with van der Waals surface area (Å²) < 4.78 is 5.03. The number of nitrogens with one attached hydrogen (secondary N) is 2. The zero-order chi connectivity index (χ0) is 15.1. The number of hydrogen-bond acceptors (Lipinski definition) is 4. The monoisotopic (exact) mass is 310 g/mol. The van der Waals surface area contributed by atoms with E-state index in [1.165, 1.54) is 12.0 Å². The summed E-state index contributed by atoms with van der Waals surface area (Å²) >= 11 is 1.89. The molecule has 0 saturated heterocycles. The van der Waals surface area contributed by atoms with Crippen LogP contribution in [0.25, 0.3) is 0 Å². The van der Waals surface area contributed by atoms with E-state index in [1.54, 1.807) is 19.0 Å². The summed E-state index contributed by atoms with van der Waals surface area (Å²) in [4.78, 5) is 8.32. The fourth-order valence-electron chi connectivity index (χ4n) is 2.51. The van der Waals surface area contributed by atoms with E-state index in [2.05, 4.69) is 38.9 Å². The highest BCUT2D eigenvalue weighted by Crippen LogP contribution is 2.24. The maximum Gasteiger partial charge on any atom is 0.191 e. The number of methoxy groups -OCH3 is 1. The molecule has 2 heterocycles. The van der Waals surface area contributed by atoms with Gasteiger partial charge in [0.2, 0.25) is 0 Å². The van der Waals surface area contributed by atoms with E-state index in [9.17, 15) is 0 Å². The molecule has 1 unspecified atom stereocenters. The van der Waals surface area contributed by atoms with Crippen molar-refractivity contribution in [3.05, 3.63) is 21.9 Å². The Morgan fingerprint density at radius 1 is 1.52 bits per heavy atom. The van der Waals surface area contributed by atoms with E-state index < -0.39 is 0 Å². The molecule has 2 rings (SSSR count). The maximum absolute atomic E-state index is 5.03. The van der Waals surface area contributed by atoms with Crippen LogP contribution in [0.1, 0.15) is 17.4 Å². The van der Waals surface area contributed by atoms with Crippen molar-refractivity contribution in [3.63, 3.8) is 0 Å². The first kappa shape index (κ1) is 16.3. The second kappa shape index (κ2) is 8.36. The topological polar surface area (TPSA) is 48.9 Å². The van der Waals surface area contributed by atoms with Crippen molar-refractivity contribution < 1.29 is 4.74 Å². The fraction of sp³-hybridized carbons (Fsp3) is 0.667. The van der Waals surface area contributed by atoms with Gasteiger partial charge in [-0.2, -0.15) is 0 Å². The number of rotatable bonds is 6. The number of thiophene rings is 1. The Kier molecular flexibility index (Phi) is 6.48. The summed E-state index contributed by atoms with van der Waals surface area (Å²) in [7, 11) is 3.50. The Labute approximate surface area is 131 Å². The minimum absolute atomic E-state index is 0.485. The van der Waals surface area contributed by atoms with Crippen molar-refractivity contribution in [1.29, 1.82) is 0 Å². The van der Waals surface area contributed by atoms with E-state index in [-0.39, 0.29) is 0 Å². The second-order valence-corrected chi connectivity index (χ2v) is 6.31. The molecule has 21 heavy (non-hydrogen) atoms. The normalized spacial score (nSPS) is 17.4. The van der Waals surface area contributed by atoms with Gasteiger partial charge in [0, 0.05) is 51.3 Å². The molecule has 118 valence electrons. The van der Waals surface area contributed by atoms with Crippen LogP contribution in [0, 0.1) is 0 Å². The molecule has 0 spiro atoms. The highest BCUT2D eigenvalue weighted by atomic mass is 32.1. The highest BCUT2D eigenvalue weighted by molar-refractivity contribution is 7.10. The van der Waals surface area contributed by atoms with E-state index >= 15 is 0 Å². The van der Waals surface area contributed by atoms with Crippen LogP contribution in [-0.4, -0.2) is 57.3 Å². The number of aliphatic imine (C=N–C) groups is 1. The molecule has 0 aliphatic carbocycles. The van der Waals surface area contributed by atoms with Crippen LogP contribution in [0.2, 0.25) is 0 Å². The third kappa shape index (κ3) is 4.69. The molecule has 0 aromatic carbocycles. The summed E-state index contributed by atoms with van der Waals surface area (Å²) in [5.41, 5.74) is 1.50. The number of fused-ring (bicyclic) bond motifs is 1. The van der Waals surface area contributed by atoms with E-state index in [1.807, 2.05) is 11.3 Å². The number of guanidine groups is 1. The molecular weight excluding hydrogens is 284 g/mol. The lowest BCUT2D eigenvalue weighted by atomic mass is 10.1. The number of hydrogen-bond donors (Lipinski definition) is 2. The largest absolute Gasteiger partial charge is 0.383 e. The molecule has 1 atom stereocenters. The van der Waals surface area contributed by atoms with Crippen LogP contribution in [-0.2, 0) is 17.7 Å². The Morgan fingerprint density at radius 2 is 2.38 bits per heavy atom. The Bertz CT molecular complexity index is 460. The molecule has 0 fully saturated rings. The van der Waals surface area contributed by atoms with Gasteiger partial charge in [-0.15, -0.1) is 11.3 Å². The van der Waals surface area contributed by atoms with Crippen LogP contribution in [0.5, 0.6) is 0 Å². The first-order valence-corrected chi connectivity index (χ1v) is 8.35. The van der Waals surface area contributed by atoms with E-state index in [0.29, 0.717) is 12.6 Å². The first-order chi connectivity index (χ1) is 10.2. The van der Waals surface area contributed by atoms with Crippen LogP contribution < -0.4 is 10.6 Å². The van der Waals surface area contributed by atoms with Gasteiger partial charge in [-0.05, 0) is 30.4 Å². The Morgan fingerprint density at radius 3 is 3.14 bits per heavy atom. The van der Waals surface area contributed by atoms with Crippen LogP contribution >= 0.6 is 11.3 Å². The van der Waals surface area contributed by atoms with Gasteiger partial charge in [-0.25, -0.2) is 0 Å². The molecule has 6 heteroatoms. The van der Waals surface area contributed by atoms with Crippen molar-refractivity contribution in [3.8, 4) is 0 Å². The fourth-order valence-corrected chi connectivity index (χ4v) is 3.40. The van der Waals surface area contributed by atoms with Crippen molar-refractivity contribution in [2.45, 2.75) is 25.9 Å².